The Morgan fingerprint density at radius 3 is 2.18 bits per heavy atom. The van der Waals surface area contributed by atoms with E-state index in [-0.39, 0.29) is 5.92 Å². The third kappa shape index (κ3) is 10.6. The van der Waals surface area contributed by atoms with Crippen molar-refractivity contribution in [1.29, 1.82) is 0 Å². The fourth-order valence-electron chi connectivity index (χ4n) is 2.67. The molecule has 0 aliphatic rings. The van der Waals surface area contributed by atoms with Crippen molar-refractivity contribution in [2.75, 3.05) is 25.4 Å². The van der Waals surface area contributed by atoms with Gasteiger partial charge in [0.1, 0.15) is 24.9 Å². The van der Waals surface area contributed by atoms with Crippen LogP contribution in [0, 0.1) is 5.92 Å². The summed E-state index contributed by atoms with van der Waals surface area (Å²) in [7, 11) is 0. The van der Waals surface area contributed by atoms with Crippen LogP contribution in [0.25, 0.3) is 0 Å². The summed E-state index contributed by atoms with van der Waals surface area (Å²) in [6, 6.07) is -2.11. The van der Waals surface area contributed by atoms with E-state index in [0.29, 0.717) is 44.4 Å². The lowest BCUT2D eigenvalue weighted by atomic mass is 10.0. The highest BCUT2D eigenvalue weighted by atomic mass is 32.1. The van der Waals surface area contributed by atoms with Crippen LogP contribution in [-0.4, -0.2) is 77.8 Å². The van der Waals surface area contributed by atoms with Crippen LogP contribution < -0.4 is 16.6 Å². The molecule has 0 saturated heterocycles. The second kappa shape index (κ2) is 17.0. The number of carbonyl (C=O) groups is 3. The molecule has 0 radical (unpaired) electrons. The van der Waals surface area contributed by atoms with Crippen molar-refractivity contribution in [2.45, 2.75) is 64.1 Å². The number of hydrazine groups is 3. The Balaban J connectivity index is 5.73. The van der Waals surface area contributed by atoms with E-state index < -0.39 is 24.7 Å². The van der Waals surface area contributed by atoms with E-state index in [2.05, 4.69) is 23.5 Å². The maximum atomic E-state index is 11.8. The van der Waals surface area contributed by atoms with Crippen LogP contribution in [0.3, 0.4) is 0 Å². The van der Waals surface area contributed by atoms with Crippen molar-refractivity contribution in [3.63, 3.8) is 0 Å². The summed E-state index contributed by atoms with van der Waals surface area (Å²) in [6.45, 7) is 4.61. The van der Waals surface area contributed by atoms with Gasteiger partial charge in [0.25, 0.3) is 0 Å². The fourth-order valence-corrected chi connectivity index (χ4v) is 2.83. The third-order valence-electron chi connectivity index (χ3n) is 4.11. The Morgan fingerprint density at radius 1 is 1.04 bits per heavy atom. The number of nitrogens with two attached hydrogens (primary N) is 1. The van der Waals surface area contributed by atoms with Gasteiger partial charge in [0, 0.05) is 6.54 Å². The Hall–Kier alpha value is -0.880. The lowest BCUT2D eigenvalue weighted by Gasteiger charge is -2.42. The van der Waals surface area contributed by atoms with E-state index in [9.17, 15) is 19.5 Å². The molecule has 0 bridgehead atoms. The van der Waals surface area contributed by atoms with Crippen molar-refractivity contribution in [2.24, 2.45) is 11.7 Å². The first-order valence-electron chi connectivity index (χ1n) is 9.84. The molecule has 0 fully saturated rings. The highest BCUT2D eigenvalue weighted by Crippen LogP contribution is 2.15. The molecule has 0 amide bonds. The van der Waals surface area contributed by atoms with Gasteiger partial charge >= 0.3 is 0 Å². The first kappa shape index (κ1) is 27.1. The predicted molar refractivity (Wildman–Crippen MR) is 112 cm³/mol. The van der Waals surface area contributed by atoms with Gasteiger partial charge in [-0.05, 0) is 43.9 Å². The SMILES string of the molecule is CC(C)C[C@@H](C=O)N(NCCCS)N(N[C@H](C=O)CO)[C@H](C=O)CCCCN. The van der Waals surface area contributed by atoms with Crippen molar-refractivity contribution in [1.82, 2.24) is 21.1 Å². The minimum absolute atomic E-state index is 0.234. The van der Waals surface area contributed by atoms with Crippen LogP contribution in [0.15, 0.2) is 0 Å². The number of rotatable bonds is 19. The smallest absolute Gasteiger partial charge is 0.140 e. The molecule has 0 heterocycles. The molecule has 0 aliphatic carbocycles. The summed E-state index contributed by atoms with van der Waals surface area (Å²) in [6.07, 6.45) is 5.41. The molecule has 0 aromatic carbocycles. The maximum Gasteiger partial charge on any atom is 0.140 e. The summed E-state index contributed by atoms with van der Waals surface area (Å²) in [5.74, 6) is 0.892. The van der Waals surface area contributed by atoms with Gasteiger partial charge in [-0.3, -0.25) is 0 Å². The molecule has 0 aromatic rings. The zero-order valence-electron chi connectivity index (χ0n) is 17.0. The highest BCUT2D eigenvalue weighted by Gasteiger charge is 2.32. The zero-order chi connectivity index (χ0) is 21.4. The number of nitrogens with one attached hydrogen (secondary N) is 2. The Bertz CT molecular complexity index is 431. The van der Waals surface area contributed by atoms with Crippen molar-refractivity contribution >= 4 is 31.5 Å². The van der Waals surface area contributed by atoms with E-state index in [0.717, 1.165) is 25.4 Å². The van der Waals surface area contributed by atoms with E-state index >= 15 is 0 Å². The number of aldehydes is 3. The second-order valence-corrected chi connectivity index (χ2v) is 7.50. The first-order chi connectivity index (χ1) is 13.5. The average molecular weight is 420 g/mol. The molecule has 5 N–H and O–H groups in total. The van der Waals surface area contributed by atoms with Crippen LogP contribution >= 0.6 is 12.6 Å². The minimum atomic E-state index is -0.905. The molecule has 0 aliphatic heterocycles. The summed E-state index contributed by atoms with van der Waals surface area (Å²) >= 11 is 4.20. The molecule has 28 heavy (non-hydrogen) atoms. The van der Waals surface area contributed by atoms with E-state index in [4.69, 9.17) is 5.73 Å². The molecule has 0 spiro atoms. The molecule has 164 valence electrons. The number of unbranched alkanes of at least 4 members (excludes halogenated alkanes) is 1. The van der Waals surface area contributed by atoms with Crippen LogP contribution in [0.5, 0.6) is 0 Å². The molecule has 9 nitrogen and oxygen atoms in total. The van der Waals surface area contributed by atoms with Gasteiger partial charge < -0.3 is 25.2 Å². The quantitative estimate of drug-likeness (QED) is 0.0830. The van der Waals surface area contributed by atoms with E-state index in [1.807, 2.05) is 13.8 Å². The first-order valence-corrected chi connectivity index (χ1v) is 10.5. The summed E-state index contributed by atoms with van der Waals surface area (Å²) in [5.41, 5.74) is 11.6. The number of thiol groups is 1. The third-order valence-corrected chi connectivity index (χ3v) is 4.43. The fraction of sp³-hybridized carbons (Fsp3) is 0.833. The van der Waals surface area contributed by atoms with E-state index in [1.165, 1.54) is 5.12 Å². The average Bonchev–Trinajstić information content (AvgIpc) is 2.69. The van der Waals surface area contributed by atoms with Crippen molar-refractivity contribution < 1.29 is 19.5 Å². The summed E-state index contributed by atoms with van der Waals surface area (Å²) in [5, 5.41) is 12.5. The molecule has 0 aromatic heterocycles. The summed E-state index contributed by atoms with van der Waals surface area (Å²) in [4.78, 5) is 35.0. The number of nitrogens with zero attached hydrogens (tertiary/aromatic N) is 2. The van der Waals surface area contributed by atoms with Crippen molar-refractivity contribution in [3.8, 4) is 0 Å². The Morgan fingerprint density at radius 2 is 1.71 bits per heavy atom. The molecule has 0 unspecified atom stereocenters. The lowest BCUT2D eigenvalue weighted by molar-refractivity contribution is -0.178. The Kier molecular flexibility index (Phi) is 16.5. The lowest BCUT2D eigenvalue weighted by Crippen LogP contribution is -2.67. The number of aliphatic hydroxyl groups excluding tert-OH is 1. The van der Waals surface area contributed by atoms with Crippen LogP contribution in [0.1, 0.15) is 46.0 Å². The second-order valence-electron chi connectivity index (χ2n) is 7.05. The molecule has 3 atom stereocenters. The minimum Gasteiger partial charge on any atom is -0.394 e. The number of carbonyl (C=O) groups excluding carboxylic acids is 3. The largest absolute Gasteiger partial charge is 0.394 e. The van der Waals surface area contributed by atoms with Gasteiger partial charge in [-0.25, -0.2) is 10.9 Å². The zero-order valence-corrected chi connectivity index (χ0v) is 17.9. The molecule has 0 saturated carbocycles. The van der Waals surface area contributed by atoms with Gasteiger partial charge in [-0.15, -0.1) is 0 Å². The van der Waals surface area contributed by atoms with Crippen LogP contribution in [0.2, 0.25) is 0 Å². The highest BCUT2D eigenvalue weighted by molar-refractivity contribution is 7.80. The van der Waals surface area contributed by atoms with Gasteiger partial charge in [0.2, 0.25) is 0 Å². The number of hydrogen-bond donors (Lipinski definition) is 5. The standard InChI is InChI=1S/C18H37N5O4S/c1-15(2)10-18(14-27)22(20-8-5-9-28)23(21-16(11-24)12-25)17(13-26)6-3-4-7-19/h11,13-18,20-21,25,28H,3-10,12,19H2,1-2H3/t16-,17+,18+/m1/s1. The monoisotopic (exact) mass is 419 g/mol. The Labute approximate surface area is 173 Å². The summed E-state index contributed by atoms with van der Waals surface area (Å²) < 4.78 is 0. The molecule has 10 heteroatoms. The normalized spacial score (nSPS) is 15.0. The molecular formula is C18H37N5O4S. The predicted octanol–water partition coefficient (Wildman–Crippen LogP) is -0.296. The van der Waals surface area contributed by atoms with Crippen molar-refractivity contribution in [3.05, 3.63) is 0 Å². The number of aliphatic hydroxyl groups is 1. The van der Waals surface area contributed by atoms with E-state index in [1.54, 1.807) is 5.12 Å². The number of hydrogen-bond acceptors (Lipinski definition) is 10. The van der Waals surface area contributed by atoms with Gasteiger partial charge in [-0.1, -0.05) is 20.3 Å². The van der Waals surface area contributed by atoms with Gasteiger partial charge in [-0.2, -0.15) is 22.9 Å². The topological polar surface area (TPSA) is 128 Å². The van der Waals surface area contributed by atoms with Gasteiger partial charge in [0.05, 0.1) is 18.7 Å². The van der Waals surface area contributed by atoms with Crippen LogP contribution in [-0.2, 0) is 14.4 Å². The molecular weight excluding hydrogens is 382 g/mol. The molecule has 0 rings (SSSR count). The maximum absolute atomic E-state index is 11.8. The van der Waals surface area contributed by atoms with Gasteiger partial charge in [0.15, 0.2) is 0 Å². The van der Waals surface area contributed by atoms with Crippen LogP contribution in [0.4, 0.5) is 0 Å².